The van der Waals surface area contributed by atoms with Crippen molar-refractivity contribution < 1.29 is 19.1 Å². The van der Waals surface area contributed by atoms with E-state index in [-0.39, 0.29) is 24.6 Å². The van der Waals surface area contributed by atoms with Crippen LogP contribution in [-0.4, -0.2) is 33.7 Å². The van der Waals surface area contributed by atoms with Crippen LogP contribution in [0.25, 0.3) is 0 Å². The highest BCUT2D eigenvalue weighted by molar-refractivity contribution is 5.98. The van der Waals surface area contributed by atoms with Gasteiger partial charge in [0.2, 0.25) is 5.95 Å². The van der Waals surface area contributed by atoms with Gasteiger partial charge >= 0.3 is 5.97 Å². The molecule has 0 bridgehead atoms. The van der Waals surface area contributed by atoms with Crippen molar-refractivity contribution in [2.45, 2.75) is 51.6 Å². The van der Waals surface area contributed by atoms with E-state index in [1.807, 2.05) is 18.2 Å². The lowest BCUT2D eigenvalue weighted by atomic mass is 9.89. The number of carbonyl (C=O) groups is 3. The Labute approximate surface area is 163 Å². The van der Waals surface area contributed by atoms with Crippen molar-refractivity contribution in [1.82, 2.24) is 9.97 Å². The van der Waals surface area contributed by atoms with Crippen molar-refractivity contribution in [2.75, 3.05) is 5.32 Å². The maximum Gasteiger partial charge on any atom is 0.307 e. The summed E-state index contributed by atoms with van der Waals surface area (Å²) in [6, 6.07) is 7.41. The van der Waals surface area contributed by atoms with Gasteiger partial charge in [-0.05, 0) is 55.9 Å². The minimum absolute atomic E-state index is 0.0494. The Morgan fingerprint density at radius 2 is 1.79 bits per heavy atom. The fraction of sp³-hybridized carbons (Fsp3) is 0.381. The lowest BCUT2D eigenvalue weighted by Crippen LogP contribution is -2.30. The maximum atomic E-state index is 12.4. The number of nitrogens with one attached hydrogen (secondary N) is 1. The second-order valence-corrected chi connectivity index (χ2v) is 6.81. The Morgan fingerprint density at radius 3 is 2.54 bits per heavy atom. The van der Waals surface area contributed by atoms with Crippen molar-refractivity contribution >= 4 is 23.6 Å². The molecule has 0 fully saturated rings. The van der Waals surface area contributed by atoms with Crippen molar-refractivity contribution in [3.05, 3.63) is 53.3 Å². The monoisotopic (exact) mass is 381 g/mol. The van der Waals surface area contributed by atoms with E-state index >= 15 is 0 Å². The molecule has 1 heterocycles. The summed E-state index contributed by atoms with van der Waals surface area (Å²) in [6.07, 6.45) is 6.34. The number of carbonyl (C=O) groups excluding carboxylic acids is 3. The summed E-state index contributed by atoms with van der Waals surface area (Å²) >= 11 is 0. The smallest absolute Gasteiger partial charge is 0.307 e. The van der Waals surface area contributed by atoms with Crippen LogP contribution in [0.3, 0.4) is 0 Å². The fourth-order valence-corrected chi connectivity index (χ4v) is 3.15. The zero-order chi connectivity index (χ0) is 19.9. The second-order valence-electron chi connectivity index (χ2n) is 6.81. The highest BCUT2D eigenvalue weighted by Crippen LogP contribution is 2.23. The second kappa shape index (κ2) is 9.21. The van der Waals surface area contributed by atoms with E-state index in [0.717, 1.165) is 19.3 Å². The summed E-state index contributed by atoms with van der Waals surface area (Å²) in [5, 5.41) is 2.46. The highest BCUT2D eigenvalue weighted by atomic mass is 16.5. The van der Waals surface area contributed by atoms with E-state index in [0.29, 0.717) is 5.56 Å². The molecule has 1 N–H and O–H groups in total. The van der Waals surface area contributed by atoms with Gasteiger partial charge in [-0.2, -0.15) is 0 Å². The van der Waals surface area contributed by atoms with Crippen molar-refractivity contribution in [3.8, 4) is 0 Å². The number of ketones is 1. The number of anilines is 1. The zero-order valence-corrected chi connectivity index (χ0v) is 15.8. The lowest BCUT2D eigenvalue weighted by molar-refractivity contribution is -0.153. The number of ether oxygens (including phenoxy) is 1. The van der Waals surface area contributed by atoms with Crippen LogP contribution >= 0.6 is 0 Å². The molecular weight excluding hydrogens is 358 g/mol. The van der Waals surface area contributed by atoms with Crippen LogP contribution in [0.4, 0.5) is 5.95 Å². The molecule has 146 valence electrons. The standard InChI is InChI=1S/C21H23N3O4/c1-14(20(27)24-21-22-11-4-12-23-21)28-19(26)10-9-18(25)17-8-7-15-5-2-3-6-16(15)13-17/h4,7-8,11-14H,2-3,5-6,9-10H2,1H3,(H,22,23,24,27). The number of benzene rings is 1. The average Bonchev–Trinajstić information content (AvgIpc) is 2.72. The number of hydrogen-bond acceptors (Lipinski definition) is 6. The molecule has 0 radical (unpaired) electrons. The van der Waals surface area contributed by atoms with Gasteiger partial charge in [-0.1, -0.05) is 12.1 Å². The molecule has 1 aromatic heterocycles. The van der Waals surface area contributed by atoms with Crippen LogP contribution < -0.4 is 5.32 Å². The molecule has 7 heteroatoms. The summed E-state index contributed by atoms with van der Waals surface area (Å²) in [5.74, 6) is -1.08. The van der Waals surface area contributed by atoms with Crippen molar-refractivity contribution in [2.24, 2.45) is 0 Å². The number of rotatable bonds is 7. The molecular formula is C21H23N3O4. The highest BCUT2D eigenvalue weighted by Gasteiger charge is 2.20. The van der Waals surface area contributed by atoms with Crippen LogP contribution in [0.5, 0.6) is 0 Å². The Balaban J connectivity index is 1.47. The summed E-state index contributed by atoms with van der Waals surface area (Å²) in [5.41, 5.74) is 3.16. The van der Waals surface area contributed by atoms with E-state index in [2.05, 4.69) is 15.3 Å². The van der Waals surface area contributed by atoms with Gasteiger partial charge in [0.05, 0.1) is 6.42 Å². The number of amides is 1. The van der Waals surface area contributed by atoms with Crippen molar-refractivity contribution in [1.29, 1.82) is 0 Å². The molecule has 1 aliphatic carbocycles. The third-order valence-corrected chi connectivity index (χ3v) is 4.70. The van der Waals surface area contributed by atoms with Crippen LogP contribution in [-0.2, 0) is 27.2 Å². The van der Waals surface area contributed by atoms with E-state index in [1.54, 1.807) is 6.07 Å². The van der Waals surface area contributed by atoms with E-state index in [9.17, 15) is 14.4 Å². The van der Waals surface area contributed by atoms with Gasteiger partial charge in [0.1, 0.15) is 0 Å². The Hall–Kier alpha value is -3.09. The van der Waals surface area contributed by atoms with Gasteiger partial charge in [-0.25, -0.2) is 9.97 Å². The van der Waals surface area contributed by atoms with Crippen LogP contribution in [0.1, 0.15) is 54.1 Å². The Kier molecular flexibility index (Phi) is 6.47. The number of aryl methyl sites for hydroxylation is 2. The Morgan fingerprint density at radius 1 is 1.07 bits per heavy atom. The minimum atomic E-state index is -1.00. The minimum Gasteiger partial charge on any atom is -0.453 e. The third kappa shape index (κ3) is 5.22. The fourth-order valence-electron chi connectivity index (χ4n) is 3.15. The molecule has 1 unspecified atom stereocenters. The largest absolute Gasteiger partial charge is 0.453 e. The number of Topliss-reactive ketones (excluding diaryl/α,β-unsaturated/α-hetero) is 1. The molecule has 0 spiro atoms. The summed E-state index contributed by atoms with van der Waals surface area (Å²) < 4.78 is 5.10. The average molecular weight is 381 g/mol. The molecule has 1 aliphatic rings. The van der Waals surface area contributed by atoms with Gasteiger partial charge in [0, 0.05) is 24.4 Å². The number of esters is 1. The summed E-state index contributed by atoms with van der Waals surface area (Å²) in [6.45, 7) is 1.46. The summed E-state index contributed by atoms with van der Waals surface area (Å²) in [4.78, 5) is 44.1. The SMILES string of the molecule is CC(OC(=O)CCC(=O)c1ccc2c(c1)CCCC2)C(=O)Nc1ncccn1. The van der Waals surface area contributed by atoms with Gasteiger partial charge < -0.3 is 4.74 Å². The number of hydrogen-bond donors (Lipinski definition) is 1. The van der Waals surface area contributed by atoms with Crippen LogP contribution in [0, 0.1) is 0 Å². The predicted molar refractivity (Wildman–Crippen MR) is 103 cm³/mol. The molecule has 0 saturated carbocycles. The molecule has 7 nitrogen and oxygen atoms in total. The molecule has 1 aromatic carbocycles. The van der Waals surface area contributed by atoms with Crippen molar-refractivity contribution in [3.63, 3.8) is 0 Å². The maximum absolute atomic E-state index is 12.4. The molecule has 3 rings (SSSR count). The molecule has 2 aromatic rings. The van der Waals surface area contributed by atoms with Gasteiger partial charge in [0.25, 0.3) is 5.91 Å². The molecule has 28 heavy (non-hydrogen) atoms. The van der Waals surface area contributed by atoms with Gasteiger partial charge in [-0.3, -0.25) is 19.7 Å². The first-order valence-electron chi connectivity index (χ1n) is 9.45. The topological polar surface area (TPSA) is 98.2 Å². The number of fused-ring (bicyclic) bond motifs is 1. The molecule has 1 amide bonds. The quantitative estimate of drug-likeness (QED) is 0.585. The third-order valence-electron chi connectivity index (χ3n) is 4.70. The Bertz CT molecular complexity index is 867. The first-order chi connectivity index (χ1) is 13.5. The predicted octanol–water partition coefficient (Wildman–Crippen LogP) is 2.89. The van der Waals surface area contributed by atoms with Crippen LogP contribution in [0.15, 0.2) is 36.7 Å². The first kappa shape index (κ1) is 19.7. The number of nitrogens with zero attached hydrogens (tertiary/aromatic N) is 2. The zero-order valence-electron chi connectivity index (χ0n) is 15.8. The van der Waals surface area contributed by atoms with Gasteiger partial charge in [-0.15, -0.1) is 0 Å². The van der Waals surface area contributed by atoms with Gasteiger partial charge in [0.15, 0.2) is 11.9 Å². The normalized spacial score (nSPS) is 13.9. The van der Waals surface area contributed by atoms with E-state index in [4.69, 9.17) is 4.74 Å². The summed E-state index contributed by atoms with van der Waals surface area (Å²) in [7, 11) is 0. The first-order valence-corrected chi connectivity index (χ1v) is 9.45. The molecule has 0 saturated heterocycles. The molecule has 0 aliphatic heterocycles. The molecule has 1 atom stereocenters. The van der Waals surface area contributed by atoms with E-state index in [1.165, 1.54) is 36.9 Å². The van der Waals surface area contributed by atoms with E-state index < -0.39 is 18.0 Å². The van der Waals surface area contributed by atoms with Crippen LogP contribution in [0.2, 0.25) is 0 Å². The lowest BCUT2D eigenvalue weighted by Gasteiger charge is -2.16. The number of aromatic nitrogens is 2.